The van der Waals surface area contributed by atoms with Gasteiger partial charge in [0.1, 0.15) is 9.71 Å². The summed E-state index contributed by atoms with van der Waals surface area (Å²) in [5.74, 6) is -0.0164. The fourth-order valence-corrected chi connectivity index (χ4v) is 5.01. The normalized spacial score (nSPS) is 14.4. The van der Waals surface area contributed by atoms with E-state index in [0.29, 0.717) is 37.7 Å². The zero-order valence-electron chi connectivity index (χ0n) is 16.8. The Balaban J connectivity index is 1.67. The number of carbonyl (C=O) groups excluding carboxylic acids is 2. The Hall–Kier alpha value is -2.87. The van der Waals surface area contributed by atoms with Crippen LogP contribution in [0.1, 0.15) is 27.9 Å². The highest BCUT2D eigenvalue weighted by molar-refractivity contribution is 7.21. The third kappa shape index (κ3) is 3.60. The first-order valence-electron chi connectivity index (χ1n) is 9.74. The monoisotopic (exact) mass is 412 g/mol. The molecule has 3 aromatic heterocycles. The maximum atomic E-state index is 13.4. The average Bonchev–Trinajstić information content (AvgIpc) is 3.35. The van der Waals surface area contributed by atoms with Crippen LogP contribution < -0.4 is 0 Å². The lowest BCUT2D eigenvalue weighted by atomic mass is 10.1. The number of rotatable bonds is 3. The van der Waals surface area contributed by atoms with Crippen LogP contribution in [0.3, 0.4) is 0 Å². The van der Waals surface area contributed by atoms with Gasteiger partial charge in [0.2, 0.25) is 0 Å². The highest BCUT2D eigenvalue weighted by atomic mass is 32.1. The van der Waals surface area contributed by atoms with Crippen LogP contribution in [0.5, 0.6) is 0 Å². The van der Waals surface area contributed by atoms with Crippen molar-refractivity contribution in [1.29, 1.82) is 0 Å². The fourth-order valence-electron chi connectivity index (χ4n) is 3.75. The molecule has 0 spiro atoms. The molecule has 152 valence electrons. The molecular weight excluding hydrogens is 388 g/mol. The average molecular weight is 413 g/mol. The standard InChI is InChI=1S/C21H24N4O3S/c1-4-28-21(27)25-11-9-24(10-12-25)20(26)18-17(23-7-5-6-8-23)16-14(2)13-15(3)22-19(16)29-18/h5-8,13H,4,9-12H2,1-3H3. The molecule has 7 nitrogen and oxygen atoms in total. The number of thiophene rings is 1. The van der Waals surface area contributed by atoms with Crippen LogP contribution in [-0.4, -0.2) is 64.1 Å². The molecule has 8 heteroatoms. The van der Waals surface area contributed by atoms with Gasteiger partial charge in [-0.3, -0.25) is 4.79 Å². The van der Waals surface area contributed by atoms with E-state index in [-0.39, 0.29) is 12.0 Å². The van der Waals surface area contributed by atoms with Crippen molar-refractivity contribution in [2.24, 2.45) is 0 Å². The van der Waals surface area contributed by atoms with Gasteiger partial charge in [-0.05, 0) is 44.5 Å². The summed E-state index contributed by atoms with van der Waals surface area (Å²) in [6.07, 6.45) is 3.59. The van der Waals surface area contributed by atoms with Crippen LogP contribution in [0.25, 0.3) is 15.9 Å². The zero-order valence-corrected chi connectivity index (χ0v) is 17.7. The lowest BCUT2D eigenvalue weighted by Crippen LogP contribution is -2.50. The summed E-state index contributed by atoms with van der Waals surface area (Å²) in [5, 5.41) is 1.02. The maximum absolute atomic E-state index is 13.4. The van der Waals surface area contributed by atoms with Gasteiger partial charge in [-0.1, -0.05) is 0 Å². The Bertz CT molecular complexity index is 1050. The lowest BCUT2D eigenvalue weighted by Gasteiger charge is -2.34. The number of ether oxygens (including phenoxy) is 1. The molecule has 0 aliphatic carbocycles. The minimum absolute atomic E-state index is 0.0164. The maximum Gasteiger partial charge on any atom is 0.409 e. The van der Waals surface area contributed by atoms with Gasteiger partial charge in [0.05, 0.1) is 12.3 Å². The van der Waals surface area contributed by atoms with Crippen molar-refractivity contribution in [2.75, 3.05) is 32.8 Å². The molecule has 0 atom stereocenters. The molecule has 0 radical (unpaired) electrons. The number of hydrogen-bond acceptors (Lipinski definition) is 5. The molecule has 1 aliphatic heterocycles. The van der Waals surface area contributed by atoms with Crippen LogP contribution in [0.4, 0.5) is 4.79 Å². The third-order valence-electron chi connectivity index (χ3n) is 5.11. The van der Waals surface area contributed by atoms with Crippen LogP contribution in [0.15, 0.2) is 30.6 Å². The minimum atomic E-state index is -0.315. The lowest BCUT2D eigenvalue weighted by molar-refractivity contribution is 0.0574. The van der Waals surface area contributed by atoms with Gasteiger partial charge in [0.15, 0.2) is 0 Å². The summed E-state index contributed by atoms with van der Waals surface area (Å²) >= 11 is 1.44. The van der Waals surface area contributed by atoms with Gasteiger partial charge >= 0.3 is 6.09 Å². The molecule has 0 N–H and O–H groups in total. The predicted octanol–water partition coefficient (Wildman–Crippen LogP) is 3.62. The number of amides is 2. The molecule has 1 aliphatic rings. The summed E-state index contributed by atoms with van der Waals surface area (Å²) in [4.78, 5) is 35.1. The van der Waals surface area contributed by atoms with Crippen LogP contribution >= 0.6 is 11.3 Å². The van der Waals surface area contributed by atoms with E-state index in [1.807, 2.05) is 40.9 Å². The molecule has 0 bridgehead atoms. The van der Waals surface area contributed by atoms with Gasteiger partial charge in [-0.25, -0.2) is 9.78 Å². The van der Waals surface area contributed by atoms with E-state index >= 15 is 0 Å². The molecular formula is C21H24N4O3S. The van der Waals surface area contributed by atoms with Crippen LogP contribution in [0.2, 0.25) is 0 Å². The molecule has 4 heterocycles. The number of nitrogens with zero attached hydrogens (tertiary/aromatic N) is 4. The summed E-state index contributed by atoms with van der Waals surface area (Å²) in [7, 11) is 0. The van der Waals surface area contributed by atoms with Gasteiger partial charge in [0, 0.05) is 49.7 Å². The third-order valence-corrected chi connectivity index (χ3v) is 6.17. The summed E-state index contributed by atoms with van der Waals surface area (Å²) in [6.45, 7) is 8.10. The molecule has 4 rings (SSSR count). The van der Waals surface area contributed by atoms with E-state index in [4.69, 9.17) is 4.74 Å². The SMILES string of the molecule is CCOC(=O)N1CCN(C(=O)c2sc3nc(C)cc(C)c3c2-n2cccc2)CC1. The Morgan fingerprint density at radius 3 is 2.41 bits per heavy atom. The van der Waals surface area contributed by atoms with E-state index in [0.717, 1.165) is 27.2 Å². The number of piperazine rings is 1. The number of hydrogen-bond donors (Lipinski definition) is 0. The molecule has 2 amide bonds. The fraction of sp³-hybridized carbons (Fsp3) is 0.381. The zero-order chi connectivity index (χ0) is 20.5. The van der Waals surface area contributed by atoms with Crippen molar-refractivity contribution in [2.45, 2.75) is 20.8 Å². The molecule has 0 unspecified atom stereocenters. The van der Waals surface area contributed by atoms with Gasteiger partial charge in [-0.15, -0.1) is 11.3 Å². The van der Waals surface area contributed by atoms with E-state index in [1.165, 1.54) is 11.3 Å². The summed E-state index contributed by atoms with van der Waals surface area (Å²) in [6, 6.07) is 5.95. The first-order valence-corrected chi connectivity index (χ1v) is 10.6. The minimum Gasteiger partial charge on any atom is -0.450 e. The smallest absolute Gasteiger partial charge is 0.409 e. The molecule has 1 saturated heterocycles. The number of fused-ring (bicyclic) bond motifs is 1. The largest absolute Gasteiger partial charge is 0.450 e. The molecule has 0 saturated carbocycles. The van der Waals surface area contributed by atoms with E-state index in [2.05, 4.69) is 18.0 Å². The number of aryl methyl sites for hydroxylation is 2. The van der Waals surface area contributed by atoms with Crippen molar-refractivity contribution < 1.29 is 14.3 Å². The van der Waals surface area contributed by atoms with Gasteiger partial charge in [0.25, 0.3) is 5.91 Å². The number of carbonyl (C=O) groups is 2. The van der Waals surface area contributed by atoms with Crippen molar-refractivity contribution >= 4 is 33.6 Å². The quantitative estimate of drug-likeness (QED) is 0.659. The van der Waals surface area contributed by atoms with Crippen molar-refractivity contribution in [3.05, 3.63) is 46.7 Å². The highest BCUT2D eigenvalue weighted by Crippen LogP contribution is 2.36. The van der Waals surface area contributed by atoms with Crippen LogP contribution in [0, 0.1) is 13.8 Å². The predicted molar refractivity (Wildman–Crippen MR) is 113 cm³/mol. The second-order valence-corrected chi connectivity index (χ2v) is 8.11. The Kier molecular flexibility index (Phi) is 5.27. The molecule has 29 heavy (non-hydrogen) atoms. The first kappa shape index (κ1) is 19.4. The van der Waals surface area contributed by atoms with Crippen molar-refractivity contribution in [1.82, 2.24) is 19.4 Å². The van der Waals surface area contributed by atoms with Gasteiger partial charge < -0.3 is 19.1 Å². The van der Waals surface area contributed by atoms with Crippen LogP contribution in [-0.2, 0) is 4.74 Å². The second-order valence-electron chi connectivity index (χ2n) is 7.11. The Morgan fingerprint density at radius 2 is 1.76 bits per heavy atom. The topological polar surface area (TPSA) is 67.7 Å². The van der Waals surface area contributed by atoms with Crippen molar-refractivity contribution in [3.8, 4) is 5.69 Å². The Labute approximate surface area is 173 Å². The van der Waals surface area contributed by atoms with Crippen molar-refractivity contribution in [3.63, 3.8) is 0 Å². The van der Waals surface area contributed by atoms with Gasteiger partial charge in [-0.2, -0.15) is 0 Å². The summed E-state index contributed by atoms with van der Waals surface area (Å²) < 4.78 is 7.06. The first-order chi connectivity index (χ1) is 14.0. The van der Waals surface area contributed by atoms with E-state index in [9.17, 15) is 9.59 Å². The number of aromatic nitrogens is 2. The molecule has 0 aromatic carbocycles. The summed E-state index contributed by atoms with van der Waals surface area (Å²) in [5.41, 5.74) is 2.94. The molecule has 3 aromatic rings. The van der Waals surface area contributed by atoms with E-state index < -0.39 is 0 Å². The van der Waals surface area contributed by atoms with E-state index in [1.54, 1.807) is 11.8 Å². The Morgan fingerprint density at radius 1 is 1.10 bits per heavy atom. The number of pyridine rings is 1. The highest BCUT2D eigenvalue weighted by Gasteiger charge is 2.29. The second kappa shape index (κ2) is 7.87. The molecule has 1 fully saturated rings.